The van der Waals surface area contributed by atoms with E-state index in [0.717, 1.165) is 6.26 Å². The van der Waals surface area contributed by atoms with Crippen LogP contribution in [0.4, 0.5) is 0 Å². The maximum Gasteiger partial charge on any atom is 0.227 e. The first kappa shape index (κ1) is 14.5. The Bertz CT molecular complexity index is 506. The number of morpholine rings is 1. The monoisotopic (exact) mass is 283 g/mol. The van der Waals surface area contributed by atoms with Crippen LogP contribution in [0.3, 0.4) is 0 Å². The van der Waals surface area contributed by atoms with Gasteiger partial charge in [-0.2, -0.15) is 0 Å². The van der Waals surface area contributed by atoms with Crippen molar-refractivity contribution in [1.82, 2.24) is 4.90 Å². The number of aliphatic hydroxyl groups is 1. The van der Waals surface area contributed by atoms with E-state index in [0.29, 0.717) is 26.3 Å². The van der Waals surface area contributed by atoms with E-state index in [1.54, 1.807) is 4.90 Å². The molecule has 7 nitrogen and oxygen atoms in total. The fraction of sp³-hybridized carbons (Fsp3) is 0.538. The van der Waals surface area contributed by atoms with Crippen LogP contribution in [0.2, 0.25) is 0 Å². The van der Waals surface area contributed by atoms with Gasteiger partial charge in [0.1, 0.15) is 18.6 Å². The molecule has 1 aromatic rings. The molecule has 0 saturated carbocycles. The fourth-order valence-electron chi connectivity index (χ4n) is 1.85. The fourth-order valence-corrected chi connectivity index (χ4v) is 1.85. The summed E-state index contributed by atoms with van der Waals surface area (Å²) in [4.78, 5) is 25.1. The molecule has 0 aromatic carbocycles. The Hall–Kier alpha value is -1.86. The van der Waals surface area contributed by atoms with Crippen molar-refractivity contribution in [3.05, 3.63) is 28.3 Å². The average molecular weight is 283 g/mol. The Balaban J connectivity index is 1.80. The van der Waals surface area contributed by atoms with Crippen molar-refractivity contribution in [2.75, 3.05) is 32.9 Å². The smallest absolute Gasteiger partial charge is 0.227 e. The lowest BCUT2D eigenvalue weighted by atomic mass is 10.3. The third-order valence-electron chi connectivity index (χ3n) is 2.95. The molecule has 20 heavy (non-hydrogen) atoms. The molecule has 2 rings (SSSR count). The Morgan fingerprint density at radius 1 is 1.40 bits per heavy atom. The maximum atomic E-state index is 11.8. The summed E-state index contributed by atoms with van der Waals surface area (Å²) in [6.45, 7) is 2.06. The van der Waals surface area contributed by atoms with Gasteiger partial charge in [0.2, 0.25) is 17.1 Å². The highest BCUT2D eigenvalue weighted by molar-refractivity contribution is 5.76. The summed E-state index contributed by atoms with van der Waals surface area (Å²) in [6, 6.07) is 1.17. The first-order valence-corrected chi connectivity index (χ1v) is 6.41. The van der Waals surface area contributed by atoms with Crippen molar-refractivity contribution in [2.24, 2.45) is 0 Å². The number of rotatable bonds is 5. The van der Waals surface area contributed by atoms with Gasteiger partial charge in [0.25, 0.3) is 0 Å². The maximum absolute atomic E-state index is 11.8. The molecule has 0 spiro atoms. The molecular formula is C13H17NO6. The number of nitrogens with zero attached hydrogens (tertiary/aromatic N) is 1. The third-order valence-corrected chi connectivity index (χ3v) is 2.95. The molecule has 1 amide bonds. The number of carbonyl (C=O) groups is 1. The van der Waals surface area contributed by atoms with E-state index < -0.39 is 0 Å². The molecule has 7 heteroatoms. The molecule has 1 aliphatic rings. The zero-order valence-corrected chi connectivity index (χ0v) is 11.0. The summed E-state index contributed by atoms with van der Waals surface area (Å²) in [5, 5.41) is 8.81. The highest BCUT2D eigenvalue weighted by atomic mass is 16.5. The highest BCUT2D eigenvalue weighted by Crippen LogP contribution is 2.07. The van der Waals surface area contributed by atoms with Gasteiger partial charge in [-0.05, 0) is 0 Å². The van der Waals surface area contributed by atoms with E-state index in [-0.39, 0.29) is 42.5 Å². The van der Waals surface area contributed by atoms with Gasteiger partial charge in [-0.15, -0.1) is 0 Å². The molecule has 1 saturated heterocycles. The standard InChI is InChI=1S/C13H17NO6/c15-8-10-7-11(16)12(9-20-10)19-4-1-13(17)14-2-5-18-6-3-14/h7,9,15H,1-6,8H2. The van der Waals surface area contributed by atoms with Gasteiger partial charge in [0.05, 0.1) is 26.2 Å². The quantitative estimate of drug-likeness (QED) is 0.802. The Labute approximate surface area is 115 Å². The van der Waals surface area contributed by atoms with Crippen molar-refractivity contribution < 1.29 is 23.8 Å². The van der Waals surface area contributed by atoms with Crippen molar-refractivity contribution >= 4 is 5.91 Å². The Kier molecular flexibility index (Phi) is 5.14. The molecule has 0 radical (unpaired) electrons. The van der Waals surface area contributed by atoms with Crippen molar-refractivity contribution in [1.29, 1.82) is 0 Å². The van der Waals surface area contributed by atoms with Crippen LogP contribution in [0.25, 0.3) is 0 Å². The minimum atomic E-state index is -0.376. The van der Waals surface area contributed by atoms with E-state index in [9.17, 15) is 9.59 Å². The van der Waals surface area contributed by atoms with Crippen LogP contribution in [0.15, 0.2) is 21.5 Å². The summed E-state index contributed by atoms with van der Waals surface area (Å²) in [5.74, 6) is 0.188. The van der Waals surface area contributed by atoms with Crippen LogP contribution in [-0.4, -0.2) is 48.8 Å². The molecule has 1 aliphatic heterocycles. The number of aliphatic hydroxyl groups excluding tert-OH is 1. The lowest BCUT2D eigenvalue weighted by Crippen LogP contribution is -2.41. The van der Waals surface area contributed by atoms with Gasteiger partial charge in [-0.25, -0.2) is 0 Å². The number of hydrogen-bond donors (Lipinski definition) is 1. The van der Waals surface area contributed by atoms with Gasteiger partial charge in [-0.3, -0.25) is 9.59 Å². The summed E-state index contributed by atoms with van der Waals surface area (Å²) in [5.41, 5.74) is -0.376. The van der Waals surface area contributed by atoms with Crippen LogP contribution in [0.1, 0.15) is 12.2 Å². The van der Waals surface area contributed by atoms with Crippen molar-refractivity contribution in [3.63, 3.8) is 0 Å². The normalized spacial score (nSPS) is 15.2. The zero-order valence-electron chi connectivity index (χ0n) is 11.0. The lowest BCUT2D eigenvalue weighted by Gasteiger charge is -2.26. The minimum Gasteiger partial charge on any atom is -0.486 e. The van der Waals surface area contributed by atoms with Crippen LogP contribution in [-0.2, 0) is 16.1 Å². The predicted octanol–water partition coefficient (Wildman–Crippen LogP) is -0.240. The van der Waals surface area contributed by atoms with E-state index in [2.05, 4.69) is 0 Å². The van der Waals surface area contributed by atoms with E-state index in [1.165, 1.54) is 6.07 Å². The lowest BCUT2D eigenvalue weighted by molar-refractivity contribution is -0.135. The number of ether oxygens (including phenoxy) is 2. The van der Waals surface area contributed by atoms with Crippen LogP contribution in [0.5, 0.6) is 5.75 Å². The summed E-state index contributed by atoms with van der Waals surface area (Å²) >= 11 is 0. The molecule has 0 aliphatic carbocycles. The Morgan fingerprint density at radius 3 is 2.80 bits per heavy atom. The highest BCUT2D eigenvalue weighted by Gasteiger charge is 2.16. The van der Waals surface area contributed by atoms with Gasteiger partial charge in [0.15, 0.2) is 0 Å². The van der Waals surface area contributed by atoms with Gasteiger partial charge in [0, 0.05) is 19.2 Å². The first-order chi connectivity index (χ1) is 9.70. The van der Waals surface area contributed by atoms with Gasteiger partial charge in [-0.1, -0.05) is 0 Å². The molecule has 0 bridgehead atoms. The molecule has 110 valence electrons. The van der Waals surface area contributed by atoms with E-state index >= 15 is 0 Å². The molecule has 2 heterocycles. The zero-order chi connectivity index (χ0) is 14.4. The average Bonchev–Trinajstić information content (AvgIpc) is 2.49. The molecular weight excluding hydrogens is 266 g/mol. The number of amides is 1. The topological polar surface area (TPSA) is 89.2 Å². The molecule has 1 fully saturated rings. The van der Waals surface area contributed by atoms with Crippen LogP contribution < -0.4 is 10.2 Å². The van der Waals surface area contributed by atoms with Gasteiger partial charge < -0.3 is 23.9 Å². The Morgan fingerprint density at radius 2 is 2.15 bits per heavy atom. The predicted molar refractivity (Wildman–Crippen MR) is 68.4 cm³/mol. The third kappa shape index (κ3) is 3.82. The first-order valence-electron chi connectivity index (χ1n) is 6.41. The number of carbonyl (C=O) groups excluding carboxylic acids is 1. The summed E-state index contributed by atoms with van der Waals surface area (Å²) in [6.07, 6.45) is 1.34. The molecule has 0 atom stereocenters. The SMILES string of the molecule is O=C(CCOc1coc(CO)cc1=O)N1CCOCC1. The second-order valence-electron chi connectivity index (χ2n) is 4.32. The molecule has 0 unspecified atom stereocenters. The van der Waals surface area contributed by atoms with Crippen molar-refractivity contribution in [2.45, 2.75) is 13.0 Å². The van der Waals surface area contributed by atoms with Crippen LogP contribution >= 0.6 is 0 Å². The molecule has 1 N–H and O–H groups in total. The summed E-state index contributed by atoms with van der Waals surface area (Å²) < 4.78 is 15.4. The minimum absolute atomic E-state index is 0.0235. The largest absolute Gasteiger partial charge is 0.486 e. The van der Waals surface area contributed by atoms with E-state index in [4.69, 9.17) is 19.0 Å². The molecule has 1 aromatic heterocycles. The second kappa shape index (κ2) is 7.06. The van der Waals surface area contributed by atoms with Crippen molar-refractivity contribution in [3.8, 4) is 5.75 Å². The van der Waals surface area contributed by atoms with Crippen LogP contribution in [0, 0.1) is 0 Å². The van der Waals surface area contributed by atoms with Gasteiger partial charge >= 0.3 is 0 Å². The second-order valence-corrected chi connectivity index (χ2v) is 4.32. The number of hydrogen-bond acceptors (Lipinski definition) is 6. The summed E-state index contributed by atoms with van der Waals surface area (Å²) in [7, 11) is 0. The van der Waals surface area contributed by atoms with E-state index in [1.807, 2.05) is 0 Å².